The highest BCUT2D eigenvalue weighted by Gasteiger charge is 2.13. The molecule has 1 aromatic rings. The third-order valence-corrected chi connectivity index (χ3v) is 3.11. The van der Waals surface area contributed by atoms with E-state index in [2.05, 4.69) is 5.32 Å². The molecule has 1 heterocycles. The SMILES string of the molecule is COc1ccc2c(c1)SCCC(=O)N2. The molecule has 0 aliphatic carbocycles. The van der Waals surface area contributed by atoms with E-state index in [1.165, 1.54) is 0 Å². The lowest BCUT2D eigenvalue weighted by atomic mass is 10.3. The second kappa shape index (κ2) is 3.92. The van der Waals surface area contributed by atoms with E-state index < -0.39 is 0 Å². The van der Waals surface area contributed by atoms with Gasteiger partial charge in [-0.1, -0.05) is 0 Å². The van der Waals surface area contributed by atoms with Gasteiger partial charge in [-0.25, -0.2) is 0 Å². The molecule has 0 saturated carbocycles. The summed E-state index contributed by atoms with van der Waals surface area (Å²) in [6.45, 7) is 0. The predicted octanol–water partition coefficient (Wildman–Crippen LogP) is 2.13. The molecule has 1 aromatic carbocycles. The number of carbonyl (C=O) groups excluding carboxylic acids is 1. The number of benzene rings is 1. The zero-order valence-corrected chi connectivity index (χ0v) is 8.69. The van der Waals surface area contributed by atoms with Crippen LogP contribution in [0.5, 0.6) is 5.75 Å². The van der Waals surface area contributed by atoms with Gasteiger partial charge in [-0.2, -0.15) is 0 Å². The Morgan fingerprint density at radius 2 is 2.36 bits per heavy atom. The number of hydrogen-bond acceptors (Lipinski definition) is 3. The van der Waals surface area contributed by atoms with Gasteiger partial charge in [0.15, 0.2) is 0 Å². The lowest BCUT2D eigenvalue weighted by Gasteiger charge is -2.07. The fraction of sp³-hybridized carbons (Fsp3) is 0.300. The maximum atomic E-state index is 11.2. The summed E-state index contributed by atoms with van der Waals surface area (Å²) in [6.07, 6.45) is 0.571. The number of anilines is 1. The first-order valence-corrected chi connectivity index (χ1v) is 5.39. The zero-order valence-electron chi connectivity index (χ0n) is 7.87. The summed E-state index contributed by atoms with van der Waals surface area (Å²) in [5.74, 6) is 1.74. The molecule has 2 rings (SSSR count). The van der Waals surface area contributed by atoms with E-state index in [9.17, 15) is 4.79 Å². The van der Waals surface area contributed by atoms with E-state index in [1.54, 1.807) is 18.9 Å². The third kappa shape index (κ3) is 1.85. The fourth-order valence-electron chi connectivity index (χ4n) is 1.32. The Balaban J connectivity index is 2.35. The van der Waals surface area contributed by atoms with Crippen molar-refractivity contribution in [2.24, 2.45) is 0 Å². The van der Waals surface area contributed by atoms with E-state index in [-0.39, 0.29) is 5.91 Å². The monoisotopic (exact) mass is 209 g/mol. The Kier molecular flexibility index (Phi) is 2.63. The average Bonchev–Trinajstić information content (AvgIpc) is 2.37. The maximum absolute atomic E-state index is 11.2. The topological polar surface area (TPSA) is 38.3 Å². The Morgan fingerprint density at radius 1 is 1.50 bits per heavy atom. The summed E-state index contributed by atoms with van der Waals surface area (Å²) in [7, 11) is 1.64. The molecule has 0 radical (unpaired) electrons. The predicted molar refractivity (Wildman–Crippen MR) is 57.0 cm³/mol. The summed E-state index contributed by atoms with van der Waals surface area (Å²) in [6, 6.07) is 5.68. The van der Waals surface area contributed by atoms with Crippen LogP contribution in [0.3, 0.4) is 0 Å². The summed E-state index contributed by atoms with van der Waals surface area (Å²) in [5, 5.41) is 2.86. The minimum atomic E-state index is 0.0846. The van der Waals surface area contributed by atoms with Crippen LogP contribution in [0, 0.1) is 0 Å². The standard InChI is InChI=1S/C10H11NO2S/c1-13-7-2-3-8-9(6-7)14-5-4-10(12)11-8/h2-3,6H,4-5H2,1H3,(H,11,12). The maximum Gasteiger partial charge on any atom is 0.225 e. The largest absolute Gasteiger partial charge is 0.497 e. The first-order valence-electron chi connectivity index (χ1n) is 4.40. The fourth-order valence-corrected chi connectivity index (χ4v) is 2.30. The van der Waals surface area contributed by atoms with Crippen molar-refractivity contribution in [2.45, 2.75) is 11.3 Å². The minimum Gasteiger partial charge on any atom is -0.497 e. The van der Waals surface area contributed by atoms with Gasteiger partial charge >= 0.3 is 0 Å². The second-order valence-corrected chi connectivity index (χ2v) is 4.15. The quantitative estimate of drug-likeness (QED) is 0.770. The second-order valence-electron chi connectivity index (χ2n) is 3.01. The molecule has 1 amide bonds. The molecule has 74 valence electrons. The van der Waals surface area contributed by atoms with Crippen LogP contribution in [0.15, 0.2) is 23.1 Å². The number of nitrogens with one attached hydrogen (secondary N) is 1. The third-order valence-electron chi connectivity index (χ3n) is 2.05. The molecule has 0 unspecified atom stereocenters. The molecule has 0 spiro atoms. The molecule has 0 atom stereocenters. The summed E-state index contributed by atoms with van der Waals surface area (Å²) >= 11 is 1.68. The van der Waals surface area contributed by atoms with E-state index in [0.717, 1.165) is 22.1 Å². The molecule has 4 heteroatoms. The van der Waals surface area contributed by atoms with Crippen molar-refractivity contribution in [1.82, 2.24) is 0 Å². The van der Waals surface area contributed by atoms with Crippen LogP contribution in [0.2, 0.25) is 0 Å². The number of amides is 1. The number of hydrogen-bond donors (Lipinski definition) is 1. The summed E-state index contributed by atoms with van der Waals surface area (Å²) in [4.78, 5) is 12.3. The highest BCUT2D eigenvalue weighted by molar-refractivity contribution is 7.99. The molecule has 1 aliphatic rings. The zero-order chi connectivity index (χ0) is 9.97. The van der Waals surface area contributed by atoms with Gasteiger partial charge < -0.3 is 10.1 Å². The molecule has 14 heavy (non-hydrogen) atoms. The van der Waals surface area contributed by atoms with Gasteiger partial charge in [0.05, 0.1) is 12.8 Å². The molecule has 1 N–H and O–H groups in total. The van der Waals surface area contributed by atoms with Gasteiger partial charge in [-0.3, -0.25) is 4.79 Å². The van der Waals surface area contributed by atoms with Crippen LogP contribution in [-0.2, 0) is 4.79 Å². The van der Waals surface area contributed by atoms with Crippen molar-refractivity contribution in [3.8, 4) is 5.75 Å². The van der Waals surface area contributed by atoms with Gasteiger partial charge in [-0.15, -0.1) is 11.8 Å². The van der Waals surface area contributed by atoms with Crippen LogP contribution in [0.4, 0.5) is 5.69 Å². The summed E-state index contributed by atoms with van der Waals surface area (Å²) in [5.41, 5.74) is 0.887. The number of methoxy groups -OCH3 is 1. The Morgan fingerprint density at radius 3 is 3.14 bits per heavy atom. The molecule has 0 saturated heterocycles. The van der Waals surface area contributed by atoms with Crippen LogP contribution in [-0.4, -0.2) is 18.8 Å². The molecule has 0 fully saturated rings. The molecule has 0 aromatic heterocycles. The number of thioether (sulfide) groups is 1. The number of fused-ring (bicyclic) bond motifs is 1. The van der Waals surface area contributed by atoms with Gasteiger partial charge in [0.2, 0.25) is 5.91 Å². The molecule has 0 bridgehead atoms. The van der Waals surface area contributed by atoms with Crippen molar-refractivity contribution in [2.75, 3.05) is 18.2 Å². The minimum absolute atomic E-state index is 0.0846. The molecular weight excluding hydrogens is 198 g/mol. The molecule has 3 nitrogen and oxygen atoms in total. The number of ether oxygens (including phenoxy) is 1. The Labute approximate surface area is 86.8 Å². The normalized spacial score (nSPS) is 15.4. The van der Waals surface area contributed by atoms with E-state index in [0.29, 0.717) is 6.42 Å². The highest BCUT2D eigenvalue weighted by Crippen LogP contribution is 2.33. The lowest BCUT2D eigenvalue weighted by molar-refractivity contribution is -0.115. The van der Waals surface area contributed by atoms with Crippen molar-refractivity contribution in [3.63, 3.8) is 0 Å². The van der Waals surface area contributed by atoms with Crippen molar-refractivity contribution >= 4 is 23.4 Å². The first kappa shape index (κ1) is 9.40. The van der Waals surface area contributed by atoms with Gasteiger partial charge in [-0.05, 0) is 18.2 Å². The number of rotatable bonds is 1. The van der Waals surface area contributed by atoms with Gasteiger partial charge in [0.25, 0.3) is 0 Å². The van der Waals surface area contributed by atoms with E-state index in [1.807, 2.05) is 18.2 Å². The van der Waals surface area contributed by atoms with E-state index in [4.69, 9.17) is 4.74 Å². The molecule has 1 aliphatic heterocycles. The smallest absolute Gasteiger partial charge is 0.225 e. The van der Waals surface area contributed by atoms with E-state index >= 15 is 0 Å². The lowest BCUT2D eigenvalue weighted by Crippen LogP contribution is -2.09. The van der Waals surface area contributed by atoms with Crippen LogP contribution >= 0.6 is 11.8 Å². The Bertz CT molecular complexity index is 365. The number of carbonyl (C=O) groups is 1. The van der Waals surface area contributed by atoms with Crippen molar-refractivity contribution < 1.29 is 9.53 Å². The van der Waals surface area contributed by atoms with Crippen LogP contribution in [0.25, 0.3) is 0 Å². The first-order chi connectivity index (χ1) is 6.79. The summed E-state index contributed by atoms with van der Waals surface area (Å²) < 4.78 is 5.12. The van der Waals surface area contributed by atoms with Gasteiger partial charge in [0.1, 0.15) is 5.75 Å². The van der Waals surface area contributed by atoms with Crippen LogP contribution < -0.4 is 10.1 Å². The van der Waals surface area contributed by atoms with Crippen molar-refractivity contribution in [3.05, 3.63) is 18.2 Å². The average molecular weight is 209 g/mol. The Hall–Kier alpha value is -1.16. The van der Waals surface area contributed by atoms with Gasteiger partial charge in [0, 0.05) is 17.1 Å². The van der Waals surface area contributed by atoms with Crippen molar-refractivity contribution in [1.29, 1.82) is 0 Å². The molecular formula is C10H11NO2S. The van der Waals surface area contributed by atoms with Crippen LogP contribution in [0.1, 0.15) is 6.42 Å². The highest BCUT2D eigenvalue weighted by atomic mass is 32.2.